The van der Waals surface area contributed by atoms with Crippen molar-refractivity contribution in [3.05, 3.63) is 34.0 Å². The van der Waals surface area contributed by atoms with Crippen molar-refractivity contribution in [2.45, 2.75) is 26.3 Å². The van der Waals surface area contributed by atoms with Crippen molar-refractivity contribution in [1.82, 2.24) is 4.90 Å². The van der Waals surface area contributed by atoms with Crippen LogP contribution in [0, 0.1) is 12.8 Å². The molecule has 21 heavy (non-hydrogen) atoms. The lowest BCUT2D eigenvalue weighted by atomic mass is 10.0. The van der Waals surface area contributed by atoms with E-state index < -0.39 is 0 Å². The molecule has 4 nitrogen and oxygen atoms in total. The normalized spacial score (nSPS) is 22.2. The minimum absolute atomic E-state index is 0.00225. The highest BCUT2D eigenvalue weighted by atomic mass is 79.9. The van der Waals surface area contributed by atoms with Crippen LogP contribution in [0.15, 0.2) is 27.1 Å². The van der Waals surface area contributed by atoms with E-state index in [1.807, 2.05) is 25.1 Å². The summed E-state index contributed by atoms with van der Waals surface area (Å²) in [6.07, 6.45) is 0.918. The third-order valence-corrected chi connectivity index (χ3v) is 4.92. The molecule has 0 spiro atoms. The van der Waals surface area contributed by atoms with E-state index in [0.717, 1.165) is 21.8 Å². The Labute approximate surface area is 131 Å². The molecule has 1 aliphatic rings. The molecule has 1 fully saturated rings. The highest BCUT2D eigenvalue weighted by molar-refractivity contribution is 9.10. The molecule has 2 unspecified atom stereocenters. The van der Waals surface area contributed by atoms with Crippen molar-refractivity contribution < 1.29 is 14.3 Å². The van der Waals surface area contributed by atoms with E-state index in [1.54, 1.807) is 4.90 Å². The number of benzene rings is 1. The van der Waals surface area contributed by atoms with Gasteiger partial charge in [0.2, 0.25) is 0 Å². The number of carbonyl (C=O) groups excluding carboxylic acids is 1. The van der Waals surface area contributed by atoms with E-state index in [0.29, 0.717) is 23.8 Å². The maximum absolute atomic E-state index is 12.7. The van der Waals surface area contributed by atoms with Crippen molar-refractivity contribution in [3.8, 4) is 0 Å². The summed E-state index contributed by atoms with van der Waals surface area (Å²) in [5, 5.41) is 10.5. The fourth-order valence-electron chi connectivity index (χ4n) is 3.07. The van der Waals surface area contributed by atoms with Gasteiger partial charge < -0.3 is 14.4 Å². The number of aliphatic hydroxyl groups is 1. The molecule has 1 saturated heterocycles. The summed E-state index contributed by atoms with van der Waals surface area (Å²) in [5.74, 6) is 0.580. The number of halogens is 1. The van der Waals surface area contributed by atoms with E-state index >= 15 is 0 Å². The topological polar surface area (TPSA) is 53.7 Å². The molecule has 2 atom stereocenters. The maximum atomic E-state index is 12.7. The number of hydrogen-bond donors (Lipinski definition) is 1. The van der Waals surface area contributed by atoms with Crippen LogP contribution in [-0.4, -0.2) is 35.1 Å². The Morgan fingerprint density at radius 1 is 1.52 bits per heavy atom. The van der Waals surface area contributed by atoms with Gasteiger partial charge in [-0.1, -0.05) is 22.9 Å². The van der Waals surface area contributed by atoms with E-state index in [1.165, 1.54) is 0 Å². The van der Waals surface area contributed by atoms with Gasteiger partial charge in [0.1, 0.15) is 5.58 Å². The summed E-state index contributed by atoms with van der Waals surface area (Å²) in [7, 11) is 0. The van der Waals surface area contributed by atoms with Gasteiger partial charge >= 0.3 is 0 Å². The first-order valence-electron chi connectivity index (χ1n) is 7.13. The second-order valence-electron chi connectivity index (χ2n) is 5.71. The number of likely N-dealkylation sites (tertiary alicyclic amines) is 1. The van der Waals surface area contributed by atoms with Crippen LogP contribution in [0.5, 0.6) is 0 Å². The molecular weight excluding hydrogens is 334 g/mol. The number of furan rings is 1. The molecule has 0 aliphatic carbocycles. The van der Waals surface area contributed by atoms with Crippen LogP contribution in [0.4, 0.5) is 0 Å². The van der Waals surface area contributed by atoms with Crippen molar-refractivity contribution in [2.75, 3.05) is 13.2 Å². The molecule has 1 amide bonds. The Kier molecular flexibility index (Phi) is 3.80. The quantitative estimate of drug-likeness (QED) is 0.902. The van der Waals surface area contributed by atoms with E-state index in [9.17, 15) is 9.90 Å². The molecule has 2 aromatic rings. The highest BCUT2D eigenvalue weighted by Crippen LogP contribution is 2.31. The number of aryl methyl sites for hydroxylation is 1. The van der Waals surface area contributed by atoms with Crippen molar-refractivity contribution in [2.24, 2.45) is 5.92 Å². The smallest absolute Gasteiger partial charge is 0.290 e. The predicted molar refractivity (Wildman–Crippen MR) is 84.3 cm³/mol. The molecule has 0 radical (unpaired) electrons. The van der Waals surface area contributed by atoms with Crippen LogP contribution in [0.3, 0.4) is 0 Å². The number of aliphatic hydroxyl groups excluding tert-OH is 1. The van der Waals surface area contributed by atoms with Gasteiger partial charge in [-0.15, -0.1) is 0 Å². The Morgan fingerprint density at radius 2 is 2.29 bits per heavy atom. The van der Waals surface area contributed by atoms with Gasteiger partial charge in [-0.25, -0.2) is 0 Å². The molecule has 1 N–H and O–H groups in total. The second kappa shape index (κ2) is 5.46. The van der Waals surface area contributed by atoms with Crippen LogP contribution in [-0.2, 0) is 0 Å². The monoisotopic (exact) mass is 351 g/mol. The Balaban J connectivity index is 2.00. The van der Waals surface area contributed by atoms with Gasteiger partial charge in [0.25, 0.3) is 5.91 Å². The number of nitrogens with zero attached hydrogens (tertiary/aromatic N) is 1. The fourth-order valence-corrected chi connectivity index (χ4v) is 3.43. The van der Waals surface area contributed by atoms with Crippen LogP contribution in [0.1, 0.15) is 29.5 Å². The number of fused-ring (bicyclic) bond motifs is 1. The van der Waals surface area contributed by atoms with Gasteiger partial charge in [0.05, 0.1) is 12.6 Å². The van der Waals surface area contributed by atoms with Crippen molar-refractivity contribution >= 4 is 32.8 Å². The molecule has 3 rings (SSSR count). The summed E-state index contributed by atoms with van der Waals surface area (Å²) >= 11 is 3.44. The molecule has 2 heterocycles. The summed E-state index contributed by atoms with van der Waals surface area (Å²) < 4.78 is 6.72. The van der Waals surface area contributed by atoms with E-state index in [-0.39, 0.29) is 18.6 Å². The first-order valence-corrected chi connectivity index (χ1v) is 7.92. The molecule has 1 aliphatic heterocycles. The molecule has 1 aromatic heterocycles. The maximum Gasteiger partial charge on any atom is 0.290 e. The van der Waals surface area contributed by atoms with Gasteiger partial charge in [-0.3, -0.25) is 4.79 Å². The second-order valence-corrected chi connectivity index (χ2v) is 6.63. The standard InChI is InChI=1S/C16H18BrNO3/c1-9-5-6-18(13(9)8-19)16(20)15-10(2)12-7-11(17)3-4-14(12)21-15/h3-4,7,9,13,19H,5-6,8H2,1-2H3. The van der Waals surface area contributed by atoms with Crippen molar-refractivity contribution in [3.63, 3.8) is 0 Å². The SMILES string of the molecule is Cc1c(C(=O)N2CCC(C)C2CO)oc2ccc(Br)cc12. The van der Waals surface area contributed by atoms with Crippen LogP contribution in [0.2, 0.25) is 0 Å². The Hall–Kier alpha value is -1.33. The average molecular weight is 352 g/mol. The first-order chi connectivity index (χ1) is 10.0. The van der Waals surface area contributed by atoms with E-state index in [2.05, 4.69) is 22.9 Å². The van der Waals surface area contributed by atoms with Crippen LogP contribution >= 0.6 is 15.9 Å². The number of rotatable bonds is 2. The van der Waals surface area contributed by atoms with Gasteiger partial charge in [0, 0.05) is 22.0 Å². The predicted octanol–water partition coefficient (Wildman–Crippen LogP) is 3.35. The van der Waals surface area contributed by atoms with Gasteiger partial charge in [-0.2, -0.15) is 0 Å². The number of amides is 1. The zero-order valence-corrected chi connectivity index (χ0v) is 13.7. The molecular formula is C16H18BrNO3. The third kappa shape index (κ3) is 2.38. The summed E-state index contributed by atoms with van der Waals surface area (Å²) in [6.45, 7) is 4.64. The molecule has 5 heteroatoms. The molecule has 0 bridgehead atoms. The largest absolute Gasteiger partial charge is 0.451 e. The number of carbonyl (C=O) groups is 1. The summed E-state index contributed by atoms with van der Waals surface area (Å²) in [4.78, 5) is 14.5. The zero-order chi connectivity index (χ0) is 15.1. The molecule has 0 saturated carbocycles. The van der Waals surface area contributed by atoms with Crippen LogP contribution < -0.4 is 0 Å². The fraction of sp³-hybridized carbons (Fsp3) is 0.438. The van der Waals surface area contributed by atoms with Crippen molar-refractivity contribution in [1.29, 1.82) is 0 Å². The molecule has 1 aromatic carbocycles. The summed E-state index contributed by atoms with van der Waals surface area (Å²) in [5.41, 5.74) is 1.57. The minimum atomic E-state index is -0.122. The first kappa shape index (κ1) is 14.6. The van der Waals surface area contributed by atoms with Gasteiger partial charge in [-0.05, 0) is 37.5 Å². The lowest BCUT2D eigenvalue weighted by molar-refractivity contribution is 0.0618. The van der Waals surface area contributed by atoms with Gasteiger partial charge in [0.15, 0.2) is 5.76 Å². The summed E-state index contributed by atoms with van der Waals surface area (Å²) in [6, 6.07) is 5.60. The van der Waals surface area contributed by atoms with E-state index in [4.69, 9.17) is 4.42 Å². The third-order valence-electron chi connectivity index (χ3n) is 4.42. The highest BCUT2D eigenvalue weighted by Gasteiger charge is 2.36. The van der Waals surface area contributed by atoms with Crippen LogP contribution in [0.25, 0.3) is 11.0 Å². The number of hydrogen-bond acceptors (Lipinski definition) is 3. The Bertz CT molecular complexity index is 694. The lowest BCUT2D eigenvalue weighted by Crippen LogP contribution is -2.39. The average Bonchev–Trinajstić information content (AvgIpc) is 2.99. The lowest BCUT2D eigenvalue weighted by Gasteiger charge is -2.24. The zero-order valence-electron chi connectivity index (χ0n) is 12.1. The minimum Gasteiger partial charge on any atom is -0.451 e. The Morgan fingerprint density at radius 3 is 3.00 bits per heavy atom. The molecule has 112 valence electrons.